The van der Waals surface area contributed by atoms with E-state index >= 15 is 0 Å². The Morgan fingerprint density at radius 2 is 1.82 bits per heavy atom. The van der Waals surface area contributed by atoms with Gasteiger partial charge in [-0.1, -0.05) is 0 Å². The van der Waals surface area contributed by atoms with Crippen LogP contribution in [0.4, 0.5) is 0 Å². The SMILES string of the molecule is CS(=O)(=O)CC[C@H](NC(=O)C1CCC(S(=O)(=O)O)C1)C(=O)O. The molecule has 0 aromatic heterocycles. The minimum Gasteiger partial charge on any atom is -0.480 e. The molecule has 128 valence electrons. The Hall–Kier alpha value is -1.20. The third-order valence-electron chi connectivity index (χ3n) is 3.57. The summed E-state index contributed by atoms with van der Waals surface area (Å²) < 4.78 is 53.1. The first-order valence-corrected chi connectivity index (χ1v) is 10.1. The van der Waals surface area contributed by atoms with Crippen LogP contribution in [-0.4, -0.2) is 61.7 Å². The van der Waals surface area contributed by atoms with Crippen molar-refractivity contribution in [3.8, 4) is 0 Å². The van der Waals surface area contributed by atoms with E-state index in [9.17, 15) is 26.4 Å². The number of aliphatic carboxylic acids is 1. The second-order valence-electron chi connectivity index (χ2n) is 5.46. The molecule has 3 atom stereocenters. The minimum atomic E-state index is -4.22. The van der Waals surface area contributed by atoms with E-state index in [-0.39, 0.29) is 31.4 Å². The Bertz CT molecular complexity index is 639. The van der Waals surface area contributed by atoms with E-state index in [0.717, 1.165) is 6.26 Å². The van der Waals surface area contributed by atoms with Crippen molar-refractivity contribution in [1.82, 2.24) is 5.32 Å². The van der Waals surface area contributed by atoms with Crippen LogP contribution in [-0.2, 0) is 29.5 Å². The van der Waals surface area contributed by atoms with Gasteiger partial charge in [-0.3, -0.25) is 9.35 Å². The molecule has 1 saturated carbocycles. The molecule has 1 aliphatic rings. The molecule has 0 bridgehead atoms. The predicted molar refractivity (Wildman–Crippen MR) is 76.6 cm³/mol. The molecule has 0 radical (unpaired) electrons. The number of nitrogens with one attached hydrogen (secondary N) is 1. The predicted octanol–water partition coefficient (Wildman–Crippen LogP) is -0.953. The van der Waals surface area contributed by atoms with E-state index in [1.807, 2.05) is 0 Å². The van der Waals surface area contributed by atoms with Crippen LogP contribution in [0.25, 0.3) is 0 Å². The summed E-state index contributed by atoms with van der Waals surface area (Å²) in [6, 6.07) is -1.35. The highest BCUT2D eigenvalue weighted by molar-refractivity contribution is 7.90. The number of hydrogen-bond donors (Lipinski definition) is 3. The Balaban J connectivity index is 2.63. The molecule has 0 saturated heterocycles. The van der Waals surface area contributed by atoms with E-state index < -0.39 is 49.0 Å². The highest BCUT2D eigenvalue weighted by atomic mass is 32.2. The van der Waals surface area contributed by atoms with Crippen LogP contribution in [0.1, 0.15) is 25.7 Å². The molecule has 1 rings (SSSR count). The zero-order chi connectivity index (χ0) is 17.1. The first-order valence-electron chi connectivity index (χ1n) is 6.57. The maximum absolute atomic E-state index is 12.0. The summed E-state index contributed by atoms with van der Waals surface area (Å²) in [5.74, 6) is -3.11. The van der Waals surface area contributed by atoms with Gasteiger partial charge in [0.05, 0.1) is 11.0 Å². The lowest BCUT2D eigenvalue weighted by Gasteiger charge is -2.17. The van der Waals surface area contributed by atoms with Gasteiger partial charge in [0.15, 0.2) is 0 Å². The number of carboxylic acids is 1. The summed E-state index contributed by atoms with van der Waals surface area (Å²) in [5.41, 5.74) is 0. The molecular weight excluding hydrogens is 338 g/mol. The molecule has 1 fully saturated rings. The van der Waals surface area contributed by atoms with Crippen LogP contribution >= 0.6 is 0 Å². The van der Waals surface area contributed by atoms with Crippen molar-refractivity contribution in [3.05, 3.63) is 0 Å². The Kier molecular flexibility index (Phi) is 5.93. The lowest BCUT2D eigenvalue weighted by Crippen LogP contribution is -2.44. The molecule has 3 N–H and O–H groups in total. The number of carboxylic acid groups (broad SMARTS) is 1. The average Bonchev–Trinajstić information content (AvgIpc) is 2.81. The molecule has 0 aromatic rings. The fraction of sp³-hybridized carbons (Fsp3) is 0.818. The molecule has 22 heavy (non-hydrogen) atoms. The van der Waals surface area contributed by atoms with Crippen molar-refractivity contribution in [2.45, 2.75) is 37.0 Å². The van der Waals surface area contributed by atoms with Gasteiger partial charge in [-0.05, 0) is 25.7 Å². The van der Waals surface area contributed by atoms with Crippen molar-refractivity contribution in [2.24, 2.45) is 5.92 Å². The minimum absolute atomic E-state index is 0.0803. The molecule has 0 aliphatic heterocycles. The highest BCUT2D eigenvalue weighted by Gasteiger charge is 2.37. The van der Waals surface area contributed by atoms with Crippen LogP contribution in [0, 0.1) is 5.92 Å². The first kappa shape index (κ1) is 18.8. The second kappa shape index (κ2) is 6.92. The van der Waals surface area contributed by atoms with E-state index in [0.29, 0.717) is 0 Å². The Morgan fingerprint density at radius 3 is 2.23 bits per heavy atom. The summed E-state index contributed by atoms with van der Waals surface area (Å²) in [7, 11) is -7.58. The summed E-state index contributed by atoms with van der Waals surface area (Å²) in [6.45, 7) is 0. The molecule has 0 spiro atoms. The molecule has 1 aliphatic carbocycles. The average molecular weight is 357 g/mol. The van der Waals surface area contributed by atoms with Gasteiger partial charge in [0.2, 0.25) is 5.91 Å². The van der Waals surface area contributed by atoms with Crippen LogP contribution in [0.3, 0.4) is 0 Å². The van der Waals surface area contributed by atoms with Gasteiger partial charge < -0.3 is 10.4 Å². The quantitative estimate of drug-likeness (QED) is 0.492. The number of hydrogen-bond acceptors (Lipinski definition) is 6. The van der Waals surface area contributed by atoms with Crippen LogP contribution < -0.4 is 5.32 Å². The van der Waals surface area contributed by atoms with Crippen LogP contribution in [0.2, 0.25) is 0 Å². The molecule has 9 nitrogen and oxygen atoms in total. The zero-order valence-corrected chi connectivity index (χ0v) is 13.6. The fourth-order valence-corrected chi connectivity index (χ4v) is 3.90. The Morgan fingerprint density at radius 1 is 1.23 bits per heavy atom. The summed E-state index contributed by atoms with van der Waals surface area (Å²) >= 11 is 0. The molecule has 1 amide bonds. The topological polar surface area (TPSA) is 155 Å². The normalized spacial score (nSPS) is 23.9. The van der Waals surface area contributed by atoms with E-state index in [1.165, 1.54) is 0 Å². The van der Waals surface area contributed by atoms with E-state index in [1.54, 1.807) is 0 Å². The summed E-state index contributed by atoms with van der Waals surface area (Å²) in [5, 5.41) is 10.2. The largest absolute Gasteiger partial charge is 0.480 e. The van der Waals surface area contributed by atoms with E-state index in [2.05, 4.69) is 5.32 Å². The van der Waals surface area contributed by atoms with Gasteiger partial charge >= 0.3 is 5.97 Å². The molecule has 0 aromatic carbocycles. The van der Waals surface area contributed by atoms with Gasteiger partial charge in [-0.15, -0.1) is 0 Å². The number of sulfone groups is 1. The maximum atomic E-state index is 12.0. The van der Waals surface area contributed by atoms with Crippen LogP contribution in [0.5, 0.6) is 0 Å². The third kappa shape index (κ3) is 5.89. The lowest BCUT2D eigenvalue weighted by atomic mass is 10.1. The molecule has 0 heterocycles. The van der Waals surface area contributed by atoms with Gasteiger partial charge in [-0.25, -0.2) is 13.2 Å². The van der Waals surface area contributed by atoms with Crippen molar-refractivity contribution < 1.29 is 36.1 Å². The van der Waals surface area contributed by atoms with Gasteiger partial charge in [0.25, 0.3) is 10.1 Å². The third-order valence-corrected chi connectivity index (χ3v) is 5.82. The van der Waals surface area contributed by atoms with Gasteiger partial charge in [-0.2, -0.15) is 8.42 Å². The fourth-order valence-electron chi connectivity index (χ4n) is 2.33. The zero-order valence-electron chi connectivity index (χ0n) is 11.9. The smallest absolute Gasteiger partial charge is 0.326 e. The highest BCUT2D eigenvalue weighted by Crippen LogP contribution is 2.30. The van der Waals surface area contributed by atoms with Crippen molar-refractivity contribution in [2.75, 3.05) is 12.0 Å². The summed E-state index contributed by atoms with van der Waals surface area (Å²) in [4.78, 5) is 23.0. The number of rotatable bonds is 7. The lowest BCUT2D eigenvalue weighted by molar-refractivity contribution is -0.142. The van der Waals surface area contributed by atoms with Gasteiger partial charge in [0.1, 0.15) is 15.9 Å². The number of carbonyl (C=O) groups is 2. The van der Waals surface area contributed by atoms with Crippen molar-refractivity contribution >= 4 is 31.8 Å². The molecule has 11 heteroatoms. The van der Waals surface area contributed by atoms with E-state index in [4.69, 9.17) is 9.66 Å². The second-order valence-corrected chi connectivity index (χ2v) is 9.42. The van der Waals surface area contributed by atoms with Crippen molar-refractivity contribution in [3.63, 3.8) is 0 Å². The Labute approximate surface area is 128 Å². The molecule has 2 unspecified atom stereocenters. The maximum Gasteiger partial charge on any atom is 0.326 e. The first-order chi connectivity index (χ1) is 9.90. The van der Waals surface area contributed by atoms with Crippen LogP contribution in [0.15, 0.2) is 0 Å². The number of carbonyl (C=O) groups excluding carboxylic acids is 1. The van der Waals surface area contributed by atoms with Crippen molar-refractivity contribution in [1.29, 1.82) is 0 Å². The summed E-state index contributed by atoms with van der Waals surface area (Å²) in [6.07, 6.45) is 0.950. The monoisotopic (exact) mass is 357 g/mol. The van der Waals surface area contributed by atoms with Gasteiger partial charge in [0, 0.05) is 12.2 Å². The standard InChI is InChI=1S/C11H19NO8S2/c1-21(16,17)5-4-9(11(14)15)12-10(13)7-2-3-8(6-7)22(18,19)20/h7-9H,2-6H2,1H3,(H,12,13)(H,14,15)(H,18,19,20)/t7?,8?,9-/m0/s1. The number of amides is 1. The molecular formula is C11H19NO8S2.